The van der Waals surface area contributed by atoms with Gasteiger partial charge in [0.25, 0.3) is 0 Å². The number of hydrogen-bond acceptors (Lipinski definition) is 1. The van der Waals surface area contributed by atoms with Gasteiger partial charge in [-0.1, -0.05) is 27.2 Å². The molecule has 1 fully saturated rings. The van der Waals surface area contributed by atoms with Gasteiger partial charge >= 0.3 is 0 Å². The summed E-state index contributed by atoms with van der Waals surface area (Å²) in [4.78, 5) is 0. The zero-order valence-electron chi connectivity index (χ0n) is 8.02. The number of rotatable bonds is 3. The fourth-order valence-corrected chi connectivity index (χ4v) is 2.39. The third-order valence-corrected chi connectivity index (χ3v) is 3.29. The molecule has 0 saturated carbocycles. The molecule has 0 aromatic rings. The van der Waals surface area contributed by atoms with E-state index < -0.39 is 0 Å². The van der Waals surface area contributed by atoms with Crippen LogP contribution in [0.25, 0.3) is 0 Å². The highest BCUT2D eigenvalue weighted by molar-refractivity contribution is 5.75. The van der Waals surface area contributed by atoms with Crippen molar-refractivity contribution in [3.63, 3.8) is 0 Å². The lowest BCUT2D eigenvalue weighted by atomic mass is 9.81. The Balaban J connectivity index is 0.00000121. The van der Waals surface area contributed by atoms with Crippen molar-refractivity contribution < 1.29 is 4.74 Å². The molecule has 0 bridgehead atoms. The highest BCUT2D eigenvalue weighted by Gasteiger charge is 2.39. The zero-order chi connectivity index (χ0) is 8.32. The fourth-order valence-electron chi connectivity index (χ4n) is 2.39. The average Bonchev–Trinajstić information content (AvgIpc) is 2.47. The van der Waals surface area contributed by atoms with Crippen molar-refractivity contribution >= 4 is 8.41 Å². The monoisotopic (exact) mass is 170 g/mol. The largest absolute Gasteiger partial charge is 0.375 e. The van der Waals surface area contributed by atoms with E-state index >= 15 is 0 Å². The molecule has 1 saturated heterocycles. The van der Waals surface area contributed by atoms with Crippen LogP contribution in [0.2, 0.25) is 0 Å². The first kappa shape index (κ1) is 12.0. The van der Waals surface area contributed by atoms with E-state index in [2.05, 4.69) is 20.8 Å². The van der Waals surface area contributed by atoms with Crippen LogP contribution in [0.5, 0.6) is 0 Å². The second-order valence-electron chi connectivity index (χ2n) is 3.51. The summed E-state index contributed by atoms with van der Waals surface area (Å²) in [7, 11) is 0. The SMILES string of the molecule is B.CCC1CCOC1(CC)CC. The molecule has 0 aromatic carbocycles. The second-order valence-corrected chi connectivity index (χ2v) is 3.51. The first-order valence-corrected chi connectivity index (χ1v) is 4.93. The summed E-state index contributed by atoms with van der Waals surface area (Å²) in [5.74, 6) is 0.817. The van der Waals surface area contributed by atoms with Crippen LogP contribution in [0.4, 0.5) is 0 Å². The van der Waals surface area contributed by atoms with E-state index in [4.69, 9.17) is 4.74 Å². The van der Waals surface area contributed by atoms with Crippen LogP contribution in [0.3, 0.4) is 0 Å². The molecule has 72 valence electrons. The molecule has 1 aliphatic rings. The zero-order valence-corrected chi connectivity index (χ0v) is 8.02. The first-order valence-electron chi connectivity index (χ1n) is 4.93. The maximum atomic E-state index is 5.84. The Bertz CT molecular complexity index is 121. The summed E-state index contributed by atoms with van der Waals surface area (Å²) >= 11 is 0. The predicted octanol–water partition coefficient (Wildman–Crippen LogP) is 1.81. The molecule has 12 heavy (non-hydrogen) atoms. The molecule has 1 heterocycles. The minimum Gasteiger partial charge on any atom is -0.375 e. The Morgan fingerprint density at radius 2 is 1.83 bits per heavy atom. The minimum absolute atomic E-state index is 0. The Morgan fingerprint density at radius 1 is 1.25 bits per heavy atom. The molecule has 0 N–H and O–H groups in total. The van der Waals surface area contributed by atoms with Gasteiger partial charge in [0.15, 0.2) is 0 Å². The maximum Gasteiger partial charge on any atom is 0.0814 e. The van der Waals surface area contributed by atoms with Crippen LogP contribution in [0, 0.1) is 5.92 Å². The van der Waals surface area contributed by atoms with Crippen molar-refractivity contribution in [2.75, 3.05) is 6.61 Å². The van der Waals surface area contributed by atoms with Gasteiger partial charge in [-0.3, -0.25) is 0 Å². The van der Waals surface area contributed by atoms with E-state index in [0.29, 0.717) is 0 Å². The fraction of sp³-hybridized carbons (Fsp3) is 1.00. The molecule has 1 rings (SSSR count). The van der Waals surface area contributed by atoms with Crippen LogP contribution in [-0.4, -0.2) is 20.6 Å². The van der Waals surface area contributed by atoms with Gasteiger partial charge in [0.2, 0.25) is 0 Å². The number of hydrogen-bond donors (Lipinski definition) is 0. The predicted molar refractivity (Wildman–Crippen MR) is 57.6 cm³/mol. The molecule has 0 amide bonds. The standard InChI is InChI=1S/C10H20O.BH3/c1-4-9-7-8-11-10(9,5-2)6-3;/h9H,4-8H2,1-3H3;1H3. The quantitative estimate of drug-likeness (QED) is 0.587. The van der Waals surface area contributed by atoms with Crippen molar-refractivity contribution in [2.45, 2.75) is 52.1 Å². The van der Waals surface area contributed by atoms with E-state index in [1.807, 2.05) is 0 Å². The lowest BCUT2D eigenvalue weighted by molar-refractivity contribution is -0.0287. The highest BCUT2D eigenvalue weighted by atomic mass is 16.5. The van der Waals surface area contributed by atoms with Crippen molar-refractivity contribution in [2.24, 2.45) is 5.92 Å². The van der Waals surface area contributed by atoms with Gasteiger partial charge in [0.1, 0.15) is 0 Å². The van der Waals surface area contributed by atoms with Gasteiger partial charge in [-0.2, -0.15) is 0 Å². The van der Waals surface area contributed by atoms with Crippen LogP contribution in [0.1, 0.15) is 46.5 Å². The Morgan fingerprint density at radius 3 is 2.17 bits per heavy atom. The third-order valence-electron chi connectivity index (χ3n) is 3.29. The van der Waals surface area contributed by atoms with Crippen LogP contribution < -0.4 is 0 Å². The Labute approximate surface area is 78.5 Å². The molecule has 1 aliphatic heterocycles. The van der Waals surface area contributed by atoms with E-state index in [9.17, 15) is 0 Å². The van der Waals surface area contributed by atoms with Gasteiger partial charge in [-0.05, 0) is 25.2 Å². The van der Waals surface area contributed by atoms with Gasteiger partial charge in [0.05, 0.1) is 14.0 Å². The maximum absolute atomic E-state index is 5.84. The highest BCUT2D eigenvalue weighted by Crippen LogP contribution is 2.39. The summed E-state index contributed by atoms with van der Waals surface area (Å²) in [5, 5.41) is 0. The van der Waals surface area contributed by atoms with Crippen LogP contribution in [0.15, 0.2) is 0 Å². The molecule has 1 atom stereocenters. The van der Waals surface area contributed by atoms with E-state index in [-0.39, 0.29) is 14.0 Å². The smallest absolute Gasteiger partial charge is 0.0814 e. The summed E-state index contributed by atoms with van der Waals surface area (Å²) in [6.07, 6.45) is 4.92. The van der Waals surface area contributed by atoms with Crippen LogP contribution in [-0.2, 0) is 4.74 Å². The van der Waals surface area contributed by atoms with Crippen molar-refractivity contribution in [3.05, 3.63) is 0 Å². The van der Waals surface area contributed by atoms with Gasteiger partial charge in [-0.25, -0.2) is 0 Å². The lowest BCUT2D eigenvalue weighted by Gasteiger charge is -2.31. The topological polar surface area (TPSA) is 9.23 Å². The average molecular weight is 170 g/mol. The Kier molecular flexibility index (Phi) is 4.92. The Hall–Kier alpha value is 0.0249. The van der Waals surface area contributed by atoms with E-state index in [0.717, 1.165) is 12.5 Å². The second kappa shape index (κ2) is 4.91. The van der Waals surface area contributed by atoms with Crippen molar-refractivity contribution in [1.29, 1.82) is 0 Å². The summed E-state index contributed by atoms with van der Waals surface area (Å²) < 4.78 is 5.84. The molecule has 2 heteroatoms. The summed E-state index contributed by atoms with van der Waals surface area (Å²) in [5.41, 5.74) is 0.245. The molecule has 0 aliphatic carbocycles. The van der Waals surface area contributed by atoms with Gasteiger partial charge in [-0.15, -0.1) is 0 Å². The molecule has 0 spiro atoms. The van der Waals surface area contributed by atoms with Gasteiger partial charge in [0, 0.05) is 6.61 Å². The molecular formula is C10H23BO. The first-order chi connectivity index (χ1) is 5.29. The molecule has 1 unspecified atom stereocenters. The molecular weight excluding hydrogens is 147 g/mol. The number of ether oxygens (including phenoxy) is 1. The molecule has 0 radical (unpaired) electrons. The van der Waals surface area contributed by atoms with E-state index in [1.54, 1.807) is 0 Å². The third kappa shape index (κ3) is 1.85. The minimum atomic E-state index is 0. The van der Waals surface area contributed by atoms with Gasteiger partial charge < -0.3 is 4.74 Å². The lowest BCUT2D eigenvalue weighted by Crippen LogP contribution is -2.33. The normalized spacial score (nSPS) is 26.8. The summed E-state index contributed by atoms with van der Waals surface area (Å²) in [6, 6.07) is 0. The molecule has 1 nitrogen and oxygen atoms in total. The summed E-state index contributed by atoms with van der Waals surface area (Å²) in [6.45, 7) is 7.76. The van der Waals surface area contributed by atoms with Crippen molar-refractivity contribution in [1.82, 2.24) is 0 Å². The van der Waals surface area contributed by atoms with Crippen LogP contribution >= 0.6 is 0 Å². The van der Waals surface area contributed by atoms with Crippen molar-refractivity contribution in [3.8, 4) is 0 Å². The molecule has 0 aromatic heterocycles. The van der Waals surface area contributed by atoms with E-state index in [1.165, 1.54) is 25.7 Å².